The highest BCUT2D eigenvalue weighted by Crippen LogP contribution is 2.15. The second-order valence-corrected chi connectivity index (χ2v) is 7.20. The van der Waals surface area contributed by atoms with Crippen LogP contribution in [0.4, 0.5) is 0 Å². The Hall–Kier alpha value is -3.75. The third kappa shape index (κ3) is 6.91. The molecule has 0 spiro atoms. The minimum absolute atomic E-state index is 0.362. The van der Waals surface area contributed by atoms with E-state index in [2.05, 4.69) is 37.5 Å². The van der Waals surface area contributed by atoms with E-state index in [1.54, 1.807) is 24.3 Å². The van der Waals surface area contributed by atoms with Crippen molar-refractivity contribution in [1.82, 2.24) is 0 Å². The summed E-state index contributed by atoms with van der Waals surface area (Å²) in [7, 11) is 0. The summed E-state index contributed by atoms with van der Waals surface area (Å²) in [5, 5.41) is 0. The lowest BCUT2D eigenvalue weighted by Gasteiger charge is -2.05. The fourth-order valence-electron chi connectivity index (χ4n) is 2.86. The smallest absolute Gasteiger partial charge is 0.343 e. The largest absolute Gasteiger partial charge is 0.423 e. The van der Waals surface area contributed by atoms with E-state index >= 15 is 0 Å². The van der Waals surface area contributed by atoms with Crippen molar-refractivity contribution in [3.05, 3.63) is 101 Å². The summed E-state index contributed by atoms with van der Waals surface area (Å²) in [6.07, 6.45) is 4.18. The first-order valence-corrected chi connectivity index (χ1v) is 10.7. The van der Waals surface area contributed by atoms with Gasteiger partial charge in [-0.1, -0.05) is 56.1 Å². The van der Waals surface area contributed by atoms with Crippen LogP contribution in [0, 0.1) is 23.7 Å². The molecule has 3 aromatic rings. The fourth-order valence-corrected chi connectivity index (χ4v) is 2.86. The highest BCUT2D eigenvalue weighted by Gasteiger charge is 2.08. The van der Waals surface area contributed by atoms with Gasteiger partial charge in [0.1, 0.15) is 5.75 Å². The number of rotatable bonds is 5. The number of aryl methyl sites for hydroxylation is 1. The molecular formula is C29H26O2. The molecule has 31 heavy (non-hydrogen) atoms. The Balaban J connectivity index is 1.58. The molecule has 0 radical (unpaired) electrons. The van der Waals surface area contributed by atoms with E-state index in [4.69, 9.17) is 4.74 Å². The first-order chi connectivity index (χ1) is 15.2. The molecule has 2 heteroatoms. The van der Waals surface area contributed by atoms with Gasteiger partial charge in [0.05, 0.1) is 5.56 Å². The molecule has 0 amide bonds. The van der Waals surface area contributed by atoms with Crippen molar-refractivity contribution >= 4 is 5.97 Å². The first-order valence-electron chi connectivity index (χ1n) is 10.7. The molecule has 0 fully saturated rings. The standard InChI is InChI=1S/C29H26O2/c1-3-5-6-7-8-24-9-11-25(12-10-24)13-14-26-17-21-28(22-18-26)31-29(30)27-19-15-23(4-2)16-20-27/h9-12,15-22H,3-6H2,1-2H3. The molecule has 0 bridgehead atoms. The summed E-state index contributed by atoms with van der Waals surface area (Å²) in [6.45, 7) is 4.25. The summed E-state index contributed by atoms with van der Waals surface area (Å²) >= 11 is 0. The Morgan fingerprint density at radius 2 is 1.29 bits per heavy atom. The lowest BCUT2D eigenvalue weighted by molar-refractivity contribution is 0.0734. The van der Waals surface area contributed by atoms with Gasteiger partial charge in [-0.3, -0.25) is 0 Å². The number of carbonyl (C=O) groups is 1. The number of carbonyl (C=O) groups excluding carboxylic acids is 1. The maximum atomic E-state index is 12.3. The zero-order valence-electron chi connectivity index (χ0n) is 18.1. The van der Waals surface area contributed by atoms with Crippen LogP contribution in [0.1, 0.15) is 65.7 Å². The zero-order chi connectivity index (χ0) is 21.9. The van der Waals surface area contributed by atoms with E-state index in [0.29, 0.717) is 11.3 Å². The number of hydrogen-bond donors (Lipinski definition) is 0. The number of hydrogen-bond acceptors (Lipinski definition) is 2. The van der Waals surface area contributed by atoms with Gasteiger partial charge in [0.25, 0.3) is 0 Å². The number of esters is 1. The van der Waals surface area contributed by atoms with E-state index in [0.717, 1.165) is 36.0 Å². The van der Waals surface area contributed by atoms with Gasteiger partial charge in [-0.05, 0) is 79.1 Å². The normalized spacial score (nSPS) is 9.74. The van der Waals surface area contributed by atoms with E-state index in [9.17, 15) is 4.79 Å². The van der Waals surface area contributed by atoms with Crippen LogP contribution in [-0.4, -0.2) is 5.97 Å². The summed E-state index contributed by atoms with van der Waals surface area (Å²) in [5.41, 5.74) is 4.53. The first kappa shape index (κ1) is 21.9. The third-order valence-corrected chi connectivity index (χ3v) is 4.79. The molecule has 154 valence electrons. The van der Waals surface area contributed by atoms with Crippen LogP contribution >= 0.6 is 0 Å². The predicted octanol–water partition coefficient (Wildman–Crippen LogP) is 6.41. The van der Waals surface area contributed by atoms with Crippen LogP contribution in [0.15, 0.2) is 72.8 Å². The van der Waals surface area contributed by atoms with Crippen LogP contribution in [0.25, 0.3) is 0 Å². The van der Waals surface area contributed by atoms with Gasteiger partial charge in [0, 0.05) is 23.1 Å². The molecule has 0 unspecified atom stereocenters. The molecule has 0 aliphatic rings. The molecule has 0 heterocycles. The van der Waals surface area contributed by atoms with E-state index in [1.807, 2.05) is 48.5 Å². The second kappa shape index (κ2) is 11.4. The van der Waals surface area contributed by atoms with Gasteiger partial charge in [-0.2, -0.15) is 0 Å². The molecule has 0 aliphatic heterocycles. The van der Waals surface area contributed by atoms with E-state index < -0.39 is 0 Å². The van der Waals surface area contributed by atoms with Crippen molar-refractivity contribution in [1.29, 1.82) is 0 Å². The Morgan fingerprint density at radius 3 is 1.84 bits per heavy atom. The van der Waals surface area contributed by atoms with Crippen molar-refractivity contribution < 1.29 is 9.53 Å². The topological polar surface area (TPSA) is 26.3 Å². The molecule has 0 N–H and O–H groups in total. The van der Waals surface area contributed by atoms with Gasteiger partial charge in [-0.25, -0.2) is 4.79 Å². The van der Waals surface area contributed by atoms with Gasteiger partial charge in [0.2, 0.25) is 0 Å². The molecule has 0 saturated carbocycles. The monoisotopic (exact) mass is 406 g/mol. The minimum Gasteiger partial charge on any atom is -0.423 e. The Morgan fingerprint density at radius 1 is 0.742 bits per heavy atom. The summed E-state index contributed by atoms with van der Waals surface area (Å²) in [4.78, 5) is 12.3. The Labute approximate surface area is 185 Å². The maximum Gasteiger partial charge on any atom is 0.343 e. The van der Waals surface area contributed by atoms with Crippen LogP contribution in [-0.2, 0) is 6.42 Å². The number of unbranched alkanes of at least 4 members (excludes halogenated alkanes) is 2. The average molecular weight is 407 g/mol. The number of benzene rings is 3. The van der Waals surface area contributed by atoms with Crippen molar-refractivity contribution in [2.24, 2.45) is 0 Å². The Bertz CT molecular complexity index is 1110. The van der Waals surface area contributed by atoms with Gasteiger partial charge in [0.15, 0.2) is 0 Å². The van der Waals surface area contributed by atoms with Crippen LogP contribution in [0.3, 0.4) is 0 Å². The van der Waals surface area contributed by atoms with Gasteiger partial charge >= 0.3 is 5.97 Å². The lowest BCUT2D eigenvalue weighted by atomic mass is 10.1. The highest BCUT2D eigenvalue weighted by atomic mass is 16.5. The molecule has 0 aromatic heterocycles. The van der Waals surface area contributed by atoms with E-state index in [-0.39, 0.29) is 5.97 Å². The highest BCUT2D eigenvalue weighted by molar-refractivity contribution is 5.91. The molecule has 3 rings (SSSR count). The van der Waals surface area contributed by atoms with Crippen molar-refractivity contribution in [3.8, 4) is 29.4 Å². The van der Waals surface area contributed by atoms with E-state index in [1.165, 1.54) is 12.0 Å². The summed E-state index contributed by atoms with van der Waals surface area (Å²) < 4.78 is 5.45. The maximum absolute atomic E-state index is 12.3. The predicted molar refractivity (Wildman–Crippen MR) is 126 cm³/mol. The van der Waals surface area contributed by atoms with Crippen LogP contribution in [0.5, 0.6) is 5.75 Å². The SMILES string of the molecule is CCCCC#Cc1ccc(C#Cc2ccc(OC(=O)c3ccc(CC)cc3)cc2)cc1. The molecule has 0 aliphatic carbocycles. The van der Waals surface area contributed by atoms with Gasteiger partial charge in [-0.15, -0.1) is 0 Å². The quantitative estimate of drug-likeness (QED) is 0.212. The molecule has 0 saturated heterocycles. The van der Waals surface area contributed by atoms with Crippen molar-refractivity contribution in [3.63, 3.8) is 0 Å². The molecular weight excluding hydrogens is 380 g/mol. The zero-order valence-corrected chi connectivity index (χ0v) is 18.1. The summed E-state index contributed by atoms with van der Waals surface area (Å²) in [5.74, 6) is 12.8. The van der Waals surface area contributed by atoms with Crippen molar-refractivity contribution in [2.75, 3.05) is 0 Å². The minimum atomic E-state index is -0.362. The van der Waals surface area contributed by atoms with Crippen LogP contribution in [0.2, 0.25) is 0 Å². The number of ether oxygens (including phenoxy) is 1. The molecule has 0 atom stereocenters. The Kier molecular flexibility index (Phi) is 8.10. The average Bonchev–Trinajstić information content (AvgIpc) is 2.82. The summed E-state index contributed by atoms with van der Waals surface area (Å²) in [6, 6.07) is 22.7. The lowest BCUT2D eigenvalue weighted by Crippen LogP contribution is -2.08. The van der Waals surface area contributed by atoms with Crippen molar-refractivity contribution in [2.45, 2.75) is 39.5 Å². The van der Waals surface area contributed by atoms with Gasteiger partial charge < -0.3 is 4.74 Å². The molecule has 3 aromatic carbocycles. The second-order valence-electron chi connectivity index (χ2n) is 7.20. The molecule has 2 nitrogen and oxygen atoms in total. The third-order valence-electron chi connectivity index (χ3n) is 4.79. The van der Waals surface area contributed by atoms with Crippen LogP contribution < -0.4 is 4.74 Å². The fraction of sp³-hybridized carbons (Fsp3) is 0.207.